The zero-order chi connectivity index (χ0) is 17.8. The Hall–Kier alpha value is -1.82. The summed E-state index contributed by atoms with van der Waals surface area (Å²) in [5.74, 6) is 1.68. The van der Waals surface area contributed by atoms with Crippen LogP contribution in [0.1, 0.15) is 11.5 Å². The zero-order valence-electron chi connectivity index (χ0n) is 13.5. The maximum Gasteiger partial charge on any atom is 0.214 e. The molecule has 0 spiro atoms. The van der Waals surface area contributed by atoms with Crippen LogP contribution >= 0.6 is 23.2 Å². The minimum absolute atomic E-state index is 0.388. The molecule has 2 aromatic carbocycles. The molecule has 0 saturated carbocycles. The second-order valence-corrected chi connectivity index (χ2v) is 7.79. The third-order valence-corrected chi connectivity index (χ3v) is 4.80. The van der Waals surface area contributed by atoms with Gasteiger partial charge in [-0.3, -0.25) is 4.21 Å². The third kappa shape index (κ3) is 4.84. The van der Waals surface area contributed by atoms with Crippen molar-refractivity contribution < 1.29 is 8.63 Å². The highest BCUT2D eigenvalue weighted by Gasteiger charge is 2.09. The summed E-state index contributed by atoms with van der Waals surface area (Å²) < 4.78 is 17.1. The molecule has 25 heavy (non-hydrogen) atoms. The van der Waals surface area contributed by atoms with Crippen molar-refractivity contribution in [1.82, 2.24) is 4.98 Å². The van der Waals surface area contributed by atoms with E-state index in [1.54, 1.807) is 18.5 Å². The van der Waals surface area contributed by atoms with Gasteiger partial charge >= 0.3 is 0 Å². The molecule has 0 bridgehead atoms. The van der Waals surface area contributed by atoms with Gasteiger partial charge in [0.2, 0.25) is 5.89 Å². The first-order chi connectivity index (χ1) is 12.0. The Morgan fingerprint density at radius 2 is 2.04 bits per heavy atom. The maximum absolute atomic E-state index is 11.4. The fourth-order valence-corrected chi connectivity index (χ4v) is 3.39. The fraction of sp³-hybridized carbons (Fsp3) is 0.167. The normalized spacial score (nSPS) is 12.1. The first-order valence-corrected chi connectivity index (χ1v) is 10.0. The fourth-order valence-electron chi connectivity index (χ4n) is 2.37. The van der Waals surface area contributed by atoms with Crippen molar-refractivity contribution in [3.05, 3.63) is 70.2 Å². The molecule has 3 aromatic rings. The van der Waals surface area contributed by atoms with Crippen molar-refractivity contribution >= 4 is 39.7 Å². The highest BCUT2D eigenvalue weighted by molar-refractivity contribution is 7.83. The number of benzene rings is 2. The van der Waals surface area contributed by atoms with Gasteiger partial charge in [-0.1, -0.05) is 41.4 Å². The van der Waals surface area contributed by atoms with Crippen LogP contribution in [0.2, 0.25) is 10.0 Å². The number of oxazole rings is 1. The number of rotatable bonds is 6. The number of halogens is 2. The number of anilines is 1. The average Bonchev–Trinajstić information content (AvgIpc) is 3.04. The molecule has 4 nitrogen and oxygen atoms in total. The molecule has 130 valence electrons. The lowest BCUT2D eigenvalue weighted by Crippen LogP contribution is -2.01. The van der Waals surface area contributed by atoms with Crippen LogP contribution in [-0.4, -0.2) is 15.4 Å². The van der Waals surface area contributed by atoms with Crippen molar-refractivity contribution in [1.29, 1.82) is 0 Å². The van der Waals surface area contributed by atoms with E-state index < -0.39 is 10.8 Å². The molecule has 0 aliphatic heterocycles. The van der Waals surface area contributed by atoms with Crippen LogP contribution in [0.15, 0.2) is 53.1 Å². The minimum Gasteiger partial charge on any atom is -0.439 e. The second kappa shape index (κ2) is 8.04. The number of nitrogens with one attached hydrogen (secondary N) is 1. The lowest BCUT2D eigenvalue weighted by Gasteiger charge is -2.08. The molecule has 3 rings (SSSR count). The van der Waals surface area contributed by atoms with Gasteiger partial charge < -0.3 is 9.73 Å². The van der Waals surface area contributed by atoms with Crippen molar-refractivity contribution in [2.75, 3.05) is 11.6 Å². The molecular weight excluding hydrogens is 379 g/mol. The molecule has 1 atom stereocenters. The van der Waals surface area contributed by atoms with Gasteiger partial charge in [-0.15, -0.1) is 0 Å². The van der Waals surface area contributed by atoms with Gasteiger partial charge in [-0.25, -0.2) is 4.98 Å². The zero-order valence-corrected chi connectivity index (χ0v) is 15.8. The molecular formula is C18H16Cl2N2O2S. The van der Waals surface area contributed by atoms with Crippen LogP contribution in [0.5, 0.6) is 0 Å². The summed E-state index contributed by atoms with van der Waals surface area (Å²) in [6.07, 6.45) is 3.34. The number of hydrogen-bond acceptors (Lipinski definition) is 4. The molecule has 0 saturated heterocycles. The molecule has 7 heteroatoms. The van der Waals surface area contributed by atoms with Crippen molar-refractivity contribution in [2.45, 2.75) is 12.3 Å². The first kappa shape index (κ1) is 18.0. The summed E-state index contributed by atoms with van der Waals surface area (Å²) in [5.41, 5.74) is 2.59. The van der Waals surface area contributed by atoms with Gasteiger partial charge in [-0.2, -0.15) is 0 Å². The van der Waals surface area contributed by atoms with E-state index in [-0.39, 0.29) is 0 Å². The van der Waals surface area contributed by atoms with Crippen molar-refractivity contribution in [2.24, 2.45) is 0 Å². The van der Waals surface area contributed by atoms with Gasteiger partial charge in [0.05, 0.1) is 23.5 Å². The van der Waals surface area contributed by atoms with Crippen LogP contribution < -0.4 is 5.32 Å². The lowest BCUT2D eigenvalue weighted by molar-refractivity contribution is 0.516. The number of aromatic nitrogens is 1. The lowest BCUT2D eigenvalue weighted by atomic mass is 10.2. The quantitative estimate of drug-likeness (QED) is 0.628. The SMILES string of the molecule is CS(=O)Cc1ccc(Cl)c(NCc2ncc(-c3cccc(Cl)c3)o2)c1. The first-order valence-electron chi connectivity index (χ1n) is 7.54. The van der Waals surface area contributed by atoms with E-state index in [0.717, 1.165) is 16.8 Å². The standard InChI is InChI=1S/C18H16Cl2N2O2S/c1-25(23)11-12-5-6-15(20)16(7-12)21-10-18-22-9-17(24-18)13-3-2-4-14(19)8-13/h2-9,21H,10-11H2,1H3. The van der Waals surface area contributed by atoms with Gasteiger partial charge in [0, 0.05) is 33.4 Å². The van der Waals surface area contributed by atoms with E-state index in [9.17, 15) is 4.21 Å². The van der Waals surface area contributed by atoms with Crippen LogP contribution in [0.4, 0.5) is 5.69 Å². The van der Waals surface area contributed by atoms with Crippen LogP contribution in [-0.2, 0) is 23.1 Å². The van der Waals surface area contributed by atoms with E-state index in [1.165, 1.54) is 0 Å². The Kier molecular flexibility index (Phi) is 5.78. The van der Waals surface area contributed by atoms with Crippen LogP contribution in [0.25, 0.3) is 11.3 Å². The molecule has 0 radical (unpaired) electrons. The van der Waals surface area contributed by atoms with E-state index in [1.807, 2.05) is 36.4 Å². The van der Waals surface area contributed by atoms with Gasteiger partial charge in [-0.05, 0) is 29.8 Å². The molecule has 1 aromatic heterocycles. The average molecular weight is 395 g/mol. The summed E-state index contributed by atoms with van der Waals surface area (Å²) in [7, 11) is -0.904. The Labute approximate surface area is 158 Å². The van der Waals surface area contributed by atoms with Gasteiger partial charge in [0.25, 0.3) is 0 Å². The van der Waals surface area contributed by atoms with Crippen LogP contribution in [0, 0.1) is 0 Å². The van der Waals surface area contributed by atoms with E-state index in [4.69, 9.17) is 27.6 Å². The Balaban J connectivity index is 1.71. The summed E-state index contributed by atoms with van der Waals surface area (Å²) >= 11 is 12.2. The molecule has 0 aliphatic rings. The predicted molar refractivity (Wildman–Crippen MR) is 103 cm³/mol. The van der Waals surface area contributed by atoms with E-state index >= 15 is 0 Å². The predicted octanol–water partition coefficient (Wildman–Crippen LogP) is 5.14. The monoisotopic (exact) mass is 394 g/mol. The highest BCUT2D eigenvalue weighted by atomic mass is 35.5. The largest absolute Gasteiger partial charge is 0.439 e. The van der Waals surface area contributed by atoms with Crippen molar-refractivity contribution in [3.8, 4) is 11.3 Å². The summed E-state index contributed by atoms with van der Waals surface area (Å²) in [5, 5.41) is 4.44. The second-order valence-electron chi connectivity index (χ2n) is 5.51. The highest BCUT2D eigenvalue weighted by Crippen LogP contribution is 2.26. The Morgan fingerprint density at radius 3 is 2.80 bits per heavy atom. The summed E-state index contributed by atoms with van der Waals surface area (Å²) in [6.45, 7) is 0.388. The molecule has 1 heterocycles. The number of hydrogen-bond donors (Lipinski definition) is 1. The van der Waals surface area contributed by atoms with E-state index in [2.05, 4.69) is 10.3 Å². The number of nitrogens with zero attached hydrogens (tertiary/aromatic N) is 1. The molecule has 1 N–H and O–H groups in total. The Bertz CT molecular complexity index is 912. The molecule has 0 amide bonds. The smallest absolute Gasteiger partial charge is 0.214 e. The van der Waals surface area contributed by atoms with Crippen molar-refractivity contribution in [3.63, 3.8) is 0 Å². The summed E-state index contributed by atoms with van der Waals surface area (Å²) in [4.78, 5) is 4.27. The Morgan fingerprint density at radius 1 is 1.20 bits per heavy atom. The van der Waals surface area contributed by atoms with Gasteiger partial charge in [0.1, 0.15) is 0 Å². The molecule has 0 fully saturated rings. The topological polar surface area (TPSA) is 55.1 Å². The summed E-state index contributed by atoms with van der Waals surface area (Å²) in [6, 6.07) is 13.0. The van der Waals surface area contributed by atoms with E-state index in [0.29, 0.717) is 34.0 Å². The molecule has 1 unspecified atom stereocenters. The molecule has 0 aliphatic carbocycles. The van der Waals surface area contributed by atoms with Crippen LogP contribution in [0.3, 0.4) is 0 Å². The third-order valence-electron chi connectivity index (χ3n) is 3.49. The minimum atomic E-state index is -0.904. The van der Waals surface area contributed by atoms with Gasteiger partial charge in [0.15, 0.2) is 5.76 Å². The maximum atomic E-state index is 11.4.